The minimum absolute atomic E-state index is 0.0828. The molecule has 0 aromatic carbocycles. The quantitative estimate of drug-likeness (QED) is 0.896. The average molecular weight is 262 g/mol. The SMILES string of the molecule is CCCNC(c1cncc(F)c1)c1cc(C)oc1C. The lowest BCUT2D eigenvalue weighted by Gasteiger charge is -2.18. The number of pyridine rings is 1. The number of rotatable bonds is 5. The van der Waals surface area contributed by atoms with Gasteiger partial charge in [-0.25, -0.2) is 4.39 Å². The summed E-state index contributed by atoms with van der Waals surface area (Å²) in [5, 5.41) is 3.42. The van der Waals surface area contributed by atoms with Crippen molar-refractivity contribution in [1.82, 2.24) is 10.3 Å². The zero-order valence-corrected chi connectivity index (χ0v) is 11.5. The highest BCUT2D eigenvalue weighted by atomic mass is 19.1. The first kappa shape index (κ1) is 13.7. The number of aromatic nitrogens is 1. The van der Waals surface area contributed by atoms with Gasteiger partial charge in [0.05, 0.1) is 12.2 Å². The maximum absolute atomic E-state index is 13.4. The standard InChI is InChI=1S/C15H19FN2O/c1-4-5-18-15(12-7-13(16)9-17-8-12)14-6-10(2)19-11(14)3/h6-9,15,18H,4-5H2,1-3H3. The van der Waals surface area contributed by atoms with Crippen LogP contribution in [-0.4, -0.2) is 11.5 Å². The first-order valence-electron chi connectivity index (χ1n) is 6.52. The Morgan fingerprint density at radius 1 is 1.32 bits per heavy atom. The summed E-state index contributed by atoms with van der Waals surface area (Å²) < 4.78 is 18.9. The molecule has 2 aromatic rings. The predicted octanol–water partition coefficient (Wildman–Crippen LogP) is 3.52. The van der Waals surface area contributed by atoms with E-state index in [1.807, 2.05) is 19.9 Å². The van der Waals surface area contributed by atoms with Crippen molar-refractivity contribution in [2.24, 2.45) is 0 Å². The molecule has 0 aliphatic rings. The molecule has 1 atom stereocenters. The Balaban J connectivity index is 2.38. The van der Waals surface area contributed by atoms with Gasteiger partial charge in [0, 0.05) is 11.8 Å². The number of nitrogens with zero attached hydrogens (tertiary/aromatic N) is 1. The van der Waals surface area contributed by atoms with Crippen molar-refractivity contribution in [1.29, 1.82) is 0 Å². The lowest BCUT2D eigenvalue weighted by molar-refractivity contribution is 0.493. The second kappa shape index (κ2) is 5.97. The normalized spacial score (nSPS) is 12.6. The van der Waals surface area contributed by atoms with Crippen molar-refractivity contribution in [3.63, 3.8) is 0 Å². The van der Waals surface area contributed by atoms with Gasteiger partial charge in [0.25, 0.3) is 0 Å². The summed E-state index contributed by atoms with van der Waals surface area (Å²) >= 11 is 0. The summed E-state index contributed by atoms with van der Waals surface area (Å²) in [5.74, 6) is 1.40. The smallest absolute Gasteiger partial charge is 0.141 e. The molecule has 3 nitrogen and oxygen atoms in total. The third-order valence-corrected chi connectivity index (χ3v) is 3.05. The van der Waals surface area contributed by atoms with E-state index in [4.69, 9.17) is 4.42 Å². The average Bonchev–Trinajstić information content (AvgIpc) is 2.69. The molecule has 0 amide bonds. The number of nitrogens with one attached hydrogen (secondary N) is 1. The third kappa shape index (κ3) is 3.20. The van der Waals surface area contributed by atoms with Gasteiger partial charge in [-0.3, -0.25) is 4.98 Å². The second-order valence-corrected chi connectivity index (χ2v) is 4.69. The van der Waals surface area contributed by atoms with Crippen molar-refractivity contribution in [3.05, 3.63) is 53.0 Å². The number of furan rings is 1. The Morgan fingerprint density at radius 3 is 2.68 bits per heavy atom. The molecule has 4 heteroatoms. The lowest BCUT2D eigenvalue weighted by Crippen LogP contribution is -2.23. The van der Waals surface area contributed by atoms with Crippen LogP contribution in [0.2, 0.25) is 0 Å². The van der Waals surface area contributed by atoms with Gasteiger partial charge >= 0.3 is 0 Å². The van der Waals surface area contributed by atoms with Gasteiger partial charge in [-0.15, -0.1) is 0 Å². The van der Waals surface area contributed by atoms with Gasteiger partial charge in [-0.1, -0.05) is 6.92 Å². The zero-order chi connectivity index (χ0) is 13.8. The van der Waals surface area contributed by atoms with Gasteiger partial charge in [-0.2, -0.15) is 0 Å². The molecule has 0 aliphatic heterocycles. The van der Waals surface area contributed by atoms with Crippen LogP contribution in [0.5, 0.6) is 0 Å². The molecule has 0 spiro atoms. The van der Waals surface area contributed by atoms with E-state index in [0.717, 1.165) is 35.6 Å². The molecule has 0 aliphatic carbocycles. The van der Waals surface area contributed by atoms with E-state index < -0.39 is 0 Å². The summed E-state index contributed by atoms with van der Waals surface area (Å²) in [6.07, 6.45) is 3.92. The molecule has 1 N–H and O–H groups in total. The van der Waals surface area contributed by atoms with Crippen molar-refractivity contribution in [3.8, 4) is 0 Å². The van der Waals surface area contributed by atoms with Crippen LogP contribution in [0.3, 0.4) is 0 Å². The van der Waals surface area contributed by atoms with E-state index >= 15 is 0 Å². The van der Waals surface area contributed by atoms with Gasteiger partial charge in [0.15, 0.2) is 0 Å². The van der Waals surface area contributed by atoms with E-state index in [2.05, 4.69) is 17.2 Å². The zero-order valence-electron chi connectivity index (χ0n) is 11.5. The Hall–Kier alpha value is -1.68. The first-order valence-corrected chi connectivity index (χ1v) is 6.52. The highest BCUT2D eigenvalue weighted by Crippen LogP contribution is 2.27. The topological polar surface area (TPSA) is 38.1 Å². The summed E-state index contributed by atoms with van der Waals surface area (Å²) in [6, 6.07) is 3.43. The molecular weight excluding hydrogens is 243 g/mol. The largest absolute Gasteiger partial charge is 0.466 e. The van der Waals surface area contributed by atoms with Crippen LogP contribution in [0.25, 0.3) is 0 Å². The number of hydrogen-bond acceptors (Lipinski definition) is 3. The van der Waals surface area contributed by atoms with Gasteiger partial charge < -0.3 is 9.73 Å². The van der Waals surface area contributed by atoms with E-state index in [9.17, 15) is 4.39 Å². The molecule has 2 aromatic heterocycles. The number of hydrogen-bond donors (Lipinski definition) is 1. The highest BCUT2D eigenvalue weighted by Gasteiger charge is 2.19. The van der Waals surface area contributed by atoms with E-state index in [-0.39, 0.29) is 11.9 Å². The fourth-order valence-corrected chi connectivity index (χ4v) is 2.22. The van der Waals surface area contributed by atoms with Gasteiger partial charge in [-0.05, 0) is 44.5 Å². The van der Waals surface area contributed by atoms with E-state index in [1.165, 1.54) is 12.3 Å². The molecule has 2 rings (SSSR count). The van der Waals surface area contributed by atoms with Crippen LogP contribution in [-0.2, 0) is 0 Å². The van der Waals surface area contributed by atoms with Gasteiger partial charge in [0.1, 0.15) is 17.3 Å². The fourth-order valence-electron chi connectivity index (χ4n) is 2.22. The lowest BCUT2D eigenvalue weighted by atomic mass is 10.0. The number of halogens is 1. The Labute approximate surface area is 112 Å². The summed E-state index contributed by atoms with van der Waals surface area (Å²) in [6.45, 7) is 6.79. The van der Waals surface area contributed by atoms with Crippen LogP contribution >= 0.6 is 0 Å². The van der Waals surface area contributed by atoms with Crippen LogP contribution in [0.1, 0.15) is 42.0 Å². The predicted molar refractivity (Wildman–Crippen MR) is 72.5 cm³/mol. The minimum atomic E-state index is -0.321. The van der Waals surface area contributed by atoms with Crippen LogP contribution in [0, 0.1) is 19.7 Å². The molecule has 0 saturated carbocycles. The maximum Gasteiger partial charge on any atom is 0.141 e. The van der Waals surface area contributed by atoms with Gasteiger partial charge in [0.2, 0.25) is 0 Å². The Kier molecular flexibility index (Phi) is 4.32. The van der Waals surface area contributed by atoms with Crippen molar-refractivity contribution in [2.45, 2.75) is 33.2 Å². The van der Waals surface area contributed by atoms with Crippen LogP contribution in [0.4, 0.5) is 4.39 Å². The first-order chi connectivity index (χ1) is 9.11. The molecule has 0 radical (unpaired) electrons. The maximum atomic E-state index is 13.4. The minimum Gasteiger partial charge on any atom is -0.466 e. The molecule has 2 heterocycles. The number of aryl methyl sites for hydroxylation is 2. The molecular formula is C15H19FN2O. The summed E-state index contributed by atoms with van der Waals surface area (Å²) in [5.41, 5.74) is 1.86. The monoisotopic (exact) mass is 262 g/mol. The fraction of sp³-hybridized carbons (Fsp3) is 0.400. The summed E-state index contributed by atoms with van der Waals surface area (Å²) in [7, 11) is 0. The third-order valence-electron chi connectivity index (χ3n) is 3.05. The van der Waals surface area contributed by atoms with Crippen molar-refractivity contribution < 1.29 is 8.81 Å². The molecule has 0 fully saturated rings. The molecule has 0 bridgehead atoms. The Morgan fingerprint density at radius 2 is 2.11 bits per heavy atom. The van der Waals surface area contributed by atoms with E-state index in [1.54, 1.807) is 6.20 Å². The van der Waals surface area contributed by atoms with E-state index in [0.29, 0.717) is 0 Å². The Bertz CT molecular complexity index is 551. The highest BCUT2D eigenvalue weighted by molar-refractivity contribution is 5.33. The molecule has 1 unspecified atom stereocenters. The van der Waals surface area contributed by atoms with Crippen LogP contribution in [0.15, 0.2) is 28.9 Å². The molecule has 0 saturated heterocycles. The molecule has 19 heavy (non-hydrogen) atoms. The van der Waals surface area contributed by atoms with Crippen molar-refractivity contribution >= 4 is 0 Å². The second-order valence-electron chi connectivity index (χ2n) is 4.69. The van der Waals surface area contributed by atoms with Crippen molar-refractivity contribution in [2.75, 3.05) is 6.54 Å². The van der Waals surface area contributed by atoms with Crippen LogP contribution < -0.4 is 5.32 Å². The summed E-state index contributed by atoms with van der Waals surface area (Å²) in [4.78, 5) is 3.93. The molecule has 102 valence electrons.